The van der Waals surface area contributed by atoms with E-state index in [0.717, 1.165) is 17.2 Å². The molecule has 0 saturated carbocycles. The number of rotatable bonds is 4. The van der Waals surface area contributed by atoms with Gasteiger partial charge in [-0.3, -0.25) is 4.79 Å². The van der Waals surface area contributed by atoms with Gasteiger partial charge in [-0.15, -0.1) is 0 Å². The van der Waals surface area contributed by atoms with Gasteiger partial charge in [0.2, 0.25) is 11.9 Å². The summed E-state index contributed by atoms with van der Waals surface area (Å²) in [5.41, 5.74) is 1.54. The maximum absolute atomic E-state index is 11.0. The normalized spacial score (nSPS) is 10.9. The van der Waals surface area contributed by atoms with Crippen molar-refractivity contribution >= 4 is 29.0 Å². The third kappa shape index (κ3) is 5.05. The summed E-state index contributed by atoms with van der Waals surface area (Å²) < 4.78 is 0. The number of amides is 1. The molecule has 1 aromatic heterocycles. The standard InChI is InChI=1S/C16H21N5O/c1-11(22)18-12-5-7-13(8-6-12)19-15-17-10-9-14(20-15)21-16(2,3)4/h5-10H,1-4H3,(H,18,22)(H2,17,19,20,21). The molecule has 2 aromatic rings. The quantitative estimate of drug-likeness (QED) is 0.806. The molecule has 0 fully saturated rings. The smallest absolute Gasteiger partial charge is 0.229 e. The van der Waals surface area contributed by atoms with Crippen molar-refractivity contribution < 1.29 is 4.79 Å². The van der Waals surface area contributed by atoms with Gasteiger partial charge in [-0.05, 0) is 51.1 Å². The van der Waals surface area contributed by atoms with Crippen LogP contribution in [0.15, 0.2) is 36.5 Å². The fourth-order valence-electron chi connectivity index (χ4n) is 1.84. The fraction of sp³-hybridized carbons (Fsp3) is 0.312. The number of hydrogen-bond donors (Lipinski definition) is 3. The van der Waals surface area contributed by atoms with E-state index < -0.39 is 0 Å². The number of nitrogens with one attached hydrogen (secondary N) is 3. The molecule has 0 aliphatic carbocycles. The summed E-state index contributed by atoms with van der Waals surface area (Å²) in [4.78, 5) is 19.6. The zero-order valence-electron chi connectivity index (χ0n) is 13.3. The average molecular weight is 299 g/mol. The Morgan fingerprint density at radius 3 is 2.27 bits per heavy atom. The molecule has 1 amide bonds. The molecule has 6 heteroatoms. The second-order valence-corrected chi connectivity index (χ2v) is 6.02. The van der Waals surface area contributed by atoms with Crippen molar-refractivity contribution in [1.29, 1.82) is 0 Å². The second kappa shape index (κ2) is 6.43. The summed E-state index contributed by atoms with van der Waals surface area (Å²) in [6.45, 7) is 7.70. The Bertz CT molecular complexity index is 646. The zero-order chi connectivity index (χ0) is 16.2. The predicted molar refractivity (Wildman–Crippen MR) is 89.4 cm³/mol. The molecule has 0 spiro atoms. The second-order valence-electron chi connectivity index (χ2n) is 6.02. The van der Waals surface area contributed by atoms with Crippen molar-refractivity contribution in [3.05, 3.63) is 36.5 Å². The van der Waals surface area contributed by atoms with E-state index >= 15 is 0 Å². The number of nitrogens with zero attached hydrogens (tertiary/aromatic N) is 2. The number of aromatic nitrogens is 2. The van der Waals surface area contributed by atoms with E-state index in [1.807, 2.05) is 30.3 Å². The minimum Gasteiger partial charge on any atom is -0.365 e. The molecular formula is C16H21N5O. The van der Waals surface area contributed by atoms with Gasteiger partial charge < -0.3 is 16.0 Å². The van der Waals surface area contributed by atoms with E-state index in [1.165, 1.54) is 6.92 Å². The Morgan fingerprint density at radius 1 is 1.05 bits per heavy atom. The van der Waals surface area contributed by atoms with Crippen LogP contribution in [0.1, 0.15) is 27.7 Å². The molecule has 1 heterocycles. The maximum Gasteiger partial charge on any atom is 0.229 e. The van der Waals surface area contributed by atoms with Crippen molar-refractivity contribution in [2.45, 2.75) is 33.2 Å². The van der Waals surface area contributed by atoms with Crippen molar-refractivity contribution in [3.8, 4) is 0 Å². The van der Waals surface area contributed by atoms with E-state index in [-0.39, 0.29) is 11.4 Å². The first kappa shape index (κ1) is 15.8. The first-order chi connectivity index (χ1) is 10.3. The predicted octanol–water partition coefficient (Wildman–Crippen LogP) is 3.39. The first-order valence-corrected chi connectivity index (χ1v) is 7.08. The van der Waals surface area contributed by atoms with Crippen LogP contribution in [-0.2, 0) is 4.79 Å². The summed E-state index contributed by atoms with van der Waals surface area (Å²) in [5, 5.41) is 9.16. The molecule has 0 aliphatic heterocycles. The molecule has 0 aliphatic rings. The monoisotopic (exact) mass is 299 g/mol. The number of hydrogen-bond acceptors (Lipinski definition) is 5. The molecule has 0 unspecified atom stereocenters. The molecule has 1 aromatic carbocycles. The Morgan fingerprint density at radius 2 is 1.68 bits per heavy atom. The molecule has 0 atom stereocenters. The number of anilines is 4. The molecule has 3 N–H and O–H groups in total. The van der Waals surface area contributed by atoms with Crippen LogP contribution >= 0.6 is 0 Å². The third-order valence-corrected chi connectivity index (χ3v) is 2.62. The van der Waals surface area contributed by atoms with Gasteiger partial charge in [0.25, 0.3) is 0 Å². The van der Waals surface area contributed by atoms with Gasteiger partial charge in [0, 0.05) is 30.0 Å². The van der Waals surface area contributed by atoms with Crippen LogP contribution < -0.4 is 16.0 Å². The Hall–Kier alpha value is -2.63. The average Bonchev–Trinajstić information content (AvgIpc) is 2.39. The van der Waals surface area contributed by atoms with Gasteiger partial charge in [0.1, 0.15) is 5.82 Å². The molecule has 116 valence electrons. The summed E-state index contributed by atoms with van der Waals surface area (Å²) in [6.07, 6.45) is 1.70. The highest BCUT2D eigenvalue weighted by molar-refractivity contribution is 5.88. The van der Waals surface area contributed by atoms with Crippen LogP contribution in [0.25, 0.3) is 0 Å². The molecule has 0 saturated heterocycles. The molecule has 6 nitrogen and oxygen atoms in total. The Labute approximate surface area is 130 Å². The largest absolute Gasteiger partial charge is 0.365 e. The van der Waals surface area contributed by atoms with E-state index in [9.17, 15) is 4.79 Å². The molecule has 0 bridgehead atoms. The number of carbonyl (C=O) groups is 1. The van der Waals surface area contributed by atoms with Crippen molar-refractivity contribution in [2.75, 3.05) is 16.0 Å². The first-order valence-electron chi connectivity index (χ1n) is 7.08. The van der Waals surface area contributed by atoms with Gasteiger partial charge >= 0.3 is 0 Å². The van der Waals surface area contributed by atoms with Crippen LogP contribution in [0, 0.1) is 0 Å². The third-order valence-electron chi connectivity index (χ3n) is 2.62. The zero-order valence-corrected chi connectivity index (χ0v) is 13.3. The van der Waals surface area contributed by atoms with Crippen LogP contribution in [-0.4, -0.2) is 21.4 Å². The van der Waals surface area contributed by atoms with Crippen molar-refractivity contribution in [1.82, 2.24) is 9.97 Å². The lowest BCUT2D eigenvalue weighted by molar-refractivity contribution is -0.114. The van der Waals surface area contributed by atoms with Gasteiger partial charge in [-0.1, -0.05) is 0 Å². The summed E-state index contributed by atoms with van der Waals surface area (Å²) in [6, 6.07) is 9.19. The Balaban J connectivity index is 2.07. The highest BCUT2D eigenvalue weighted by Gasteiger charge is 2.10. The molecule has 0 radical (unpaired) electrons. The van der Waals surface area contributed by atoms with Gasteiger partial charge in [0.05, 0.1) is 0 Å². The summed E-state index contributed by atoms with van der Waals surface area (Å²) >= 11 is 0. The van der Waals surface area contributed by atoms with Crippen LogP contribution in [0.5, 0.6) is 0 Å². The van der Waals surface area contributed by atoms with Crippen molar-refractivity contribution in [2.24, 2.45) is 0 Å². The number of carbonyl (C=O) groups excluding carboxylic acids is 1. The summed E-state index contributed by atoms with van der Waals surface area (Å²) in [5.74, 6) is 1.19. The SMILES string of the molecule is CC(=O)Nc1ccc(Nc2nccc(NC(C)(C)C)n2)cc1. The summed E-state index contributed by atoms with van der Waals surface area (Å²) in [7, 11) is 0. The molecular weight excluding hydrogens is 278 g/mol. The van der Waals surface area contributed by atoms with Crippen molar-refractivity contribution in [3.63, 3.8) is 0 Å². The van der Waals surface area contributed by atoms with Gasteiger partial charge in [-0.2, -0.15) is 4.98 Å². The topological polar surface area (TPSA) is 78.9 Å². The van der Waals surface area contributed by atoms with Crippen LogP contribution in [0.2, 0.25) is 0 Å². The minimum absolute atomic E-state index is 0.0639. The fourth-order valence-corrected chi connectivity index (χ4v) is 1.84. The van der Waals surface area contributed by atoms with E-state index in [0.29, 0.717) is 5.95 Å². The van der Waals surface area contributed by atoms with Crippen LogP contribution in [0.4, 0.5) is 23.1 Å². The lowest BCUT2D eigenvalue weighted by atomic mass is 10.1. The lowest BCUT2D eigenvalue weighted by Gasteiger charge is -2.21. The number of benzene rings is 1. The van der Waals surface area contributed by atoms with E-state index in [2.05, 4.69) is 46.7 Å². The Kier molecular flexibility index (Phi) is 4.60. The highest BCUT2D eigenvalue weighted by Crippen LogP contribution is 2.18. The minimum atomic E-state index is -0.0926. The maximum atomic E-state index is 11.0. The van der Waals surface area contributed by atoms with Gasteiger partial charge in [-0.25, -0.2) is 4.98 Å². The van der Waals surface area contributed by atoms with Crippen LogP contribution in [0.3, 0.4) is 0 Å². The molecule has 22 heavy (non-hydrogen) atoms. The molecule has 2 rings (SSSR count). The van der Waals surface area contributed by atoms with Gasteiger partial charge in [0.15, 0.2) is 0 Å². The van der Waals surface area contributed by atoms with E-state index in [1.54, 1.807) is 6.20 Å². The lowest BCUT2D eigenvalue weighted by Crippen LogP contribution is -2.26. The highest BCUT2D eigenvalue weighted by atomic mass is 16.1. The van der Waals surface area contributed by atoms with E-state index in [4.69, 9.17) is 0 Å².